The first-order chi connectivity index (χ1) is 8.88. The molecule has 0 saturated carbocycles. The van der Waals surface area contributed by atoms with Gasteiger partial charge in [0.15, 0.2) is 9.84 Å². The Balaban J connectivity index is 2.38. The second-order valence-corrected chi connectivity index (χ2v) is 6.93. The Morgan fingerprint density at radius 1 is 1.16 bits per heavy atom. The van der Waals surface area contributed by atoms with E-state index in [2.05, 4.69) is 15.9 Å². The Kier molecular flexibility index (Phi) is 3.82. The summed E-state index contributed by atoms with van der Waals surface area (Å²) < 4.78 is 25.0. The van der Waals surface area contributed by atoms with Gasteiger partial charge in [-0.25, -0.2) is 8.42 Å². The van der Waals surface area contributed by atoms with Gasteiger partial charge < -0.3 is 10.8 Å². The van der Waals surface area contributed by atoms with Gasteiger partial charge in [0.05, 0.1) is 10.6 Å². The van der Waals surface area contributed by atoms with Gasteiger partial charge in [0.2, 0.25) is 0 Å². The Hall–Kier alpha value is -1.53. The lowest BCUT2D eigenvalue weighted by atomic mass is 10.2. The van der Waals surface area contributed by atoms with Crippen molar-refractivity contribution in [3.63, 3.8) is 0 Å². The predicted molar refractivity (Wildman–Crippen MR) is 77.6 cm³/mol. The van der Waals surface area contributed by atoms with Gasteiger partial charge in [0.25, 0.3) is 0 Å². The van der Waals surface area contributed by atoms with Crippen LogP contribution in [0.15, 0.2) is 51.8 Å². The Labute approximate surface area is 119 Å². The summed E-state index contributed by atoms with van der Waals surface area (Å²) in [7, 11) is -3.49. The number of rotatable bonds is 3. The third-order valence-corrected chi connectivity index (χ3v) is 5.22. The van der Waals surface area contributed by atoms with Crippen molar-refractivity contribution in [1.29, 1.82) is 0 Å². The molecule has 2 aromatic rings. The molecule has 2 rings (SSSR count). The number of halogens is 1. The Morgan fingerprint density at radius 3 is 2.53 bits per heavy atom. The molecule has 6 heteroatoms. The molecular weight excluding hydrogens is 330 g/mol. The molecule has 0 radical (unpaired) electrons. The molecule has 0 aromatic heterocycles. The fourth-order valence-corrected chi connectivity index (χ4v) is 4.25. The van der Waals surface area contributed by atoms with Gasteiger partial charge in [-0.3, -0.25) is 0 Å². The molecule has 0 fully saturated rings. The number of nitrogen functional groups attached to an aromatic ring is 1. The standard InChI is InChI=1S/C13H12BrNO3S/c14-12-7-10(15)4-5-13(12)19(17,18)8-9-2-1-3-11(16)6-9/h1-7,16H,8,15H2. The lowest BCUT2D eigenvalue weighted by Crippen LogP contribution is -2.06. The SMILES string of the molecule is Nc1ccc(S(=O)(=O)Cc2cccc(O)c2)c(Br)c1. The number of aromatic hydroxyl groups is 1. The summed E-state index contributed by atoms with van der Waals surface area (Å²) in [5, 5.41) is 9.35. The number of hydrogen-bond acceptors (Lipinski definition) is 4. The molecule has 19 heavy (non-hydrogen) atoms. The van der Waals surface area contributed by atoms with Crippen LogP contribution in [-0.2, 0) is 15.6 Å². The van der Waals surface area contributed by atoms with Gasteiger partial charge in [-0.1, -0.05) is 12.1 Å². The van der Waals surface area contributed by atoms with Crippen LogP contribution in [0.3, 0.4) is 0 Å². The fourth-order valence-electron chi connectivity index (χ4n) is 1.71. The van der Waals surface area contributed by atoms with Gasteiger partial charge in [0, 0.05) is 10.2 Å². The van der Waals surface area contributed by atoms with Crippen LogP contribution >= 0.6 is 15.9 Å². The molecule has 0 aliphatic heterocycles. The molecule has 0 bridgehead atoms. The summed E-state index contributed by atoms with van der Waals surface area (Å²) >= 11 is 3.20. The molecule has 0 amide bonds. The summed E-state index contributed by atoms with van der Waals surface area (Å²) in [4.78, 5) is 0.185. The van der Waals surface area contributed by atoms with Crippen LogP contribution in [0.1, 0.15) is 5.56 Å². The lowest BCUT2D eigenvalue weighted by Gasteiger charge is -2.08. The molecule has 0 aliphatic carbocycles. The Bertz CT molecular complexity index is 714. The van der Waals surface area contributed by atoms with E-state index in [0.717, 1.165) is 0 Å². The largest absolute Gasteiger partial charge is 0.508 e. The van der Waals surface area contributed by atoms with E-state index < -0.39 is 9.84 Å². The molecule has 0 aliphatic rings. The maximum absolute atomic E-state index is 12.3. The minimum Gasteiger partial charge on any atom is -0.508 e. The average Bonchev–Trinajstić information content (AvgIpc) is 2.27. The van der Waals surface area contributed by atoms with Gasteiger partial charge in [-0.05, 0) is 51.8 Å². The summed E-state index contributed by atoms with van der Waals surface area (Å²) in [5.41, 5.74) is 6.61. The summed E-state index contributed by atoms with van der Waals surface area (Å²) in [6, 6.07) is 10.8. The normalized spacial score (nSPS) is 11.4. The molecule has 3 N–H and O–H groups in total. The molecular formula is C13H12BrNO3S. The van der Waals surface area contributed by atoms with Gasteiger partial charge in [0.1, 0.15) is 5.75 Å². The third kappa shape index (κ3) is 3.27. The summed E-state index contributed by atoms with van der Waals surface area (Å²) in [5.74, 6) is -0.131. The maximum Gasteiger partial charge on any atom is 0.183 e. The smallest absolute Gasteiger partial charge is 0.183 e. The minimum atomic E-state index is -3.49. The maximum atomic E-state index is 12.3. The van der Waals surface area contributed by atoms with Crippen molar-refractivity contribution >= 4 is 31.5 Å². The second kappa shape index (κ2) is 5.22. The van der Waals surface area contributed by atoms with E-state index in [1.807, 2.05) is 0 Å². The van der Waals surface area contributed by atoms with Gasteiger partial charge in [-0.15, -0.1) is 0 Å². The number of sulfone groups is 1. The first kappa shape index (κ1) is 13.9. The number of nitrogens with two attached hydrogens (primary N) is 1. The van der Waals surface area contributed by atoms with Crippen molar-refractivity contribution in [3.8, 4) is 5.75 Å². The van der Waals surface area contributed by atoms with E-state index in [0.29, 0.717) is 15.7 Å². The third-order valence-electron chi connectivity index (χ3n) is 2.56. The van der Waals surface area contributed by atoms with Gasteiger partial charge in [-0.2, -0.15) is 0 Å². The highest BCUT2D eigenvalue weighted by Crippen LogP contribution is 2.27. The first-order valence-corrected chi connectivity index (χ1v) is 7.89. The topological polar surface area (TPSA) is 80.4 Å². The molecule has 0 atom stereocenters. The zero-order valence-corrected chi connectivity index (χ0v) is 12.3. The molecule has 2 aromatic carbocycles. The van der Waals surface area contributed by atoms with Crippen LogP contribution in [0.5, 0.6) is 5.75 Å². The Morgan fingerprint density at radius 2 is 1.89 bits per heavy atom. The number of anilines is 1. The van der Waals surface area contributed by atoms with Crippen molar-refractivity contribution in [2.75, 3.05) is 5.73 Å². The molecule has 4 nitrogen and oxygen atoms in total. The van der Waals surface area contributed by atoms with E-state index in [9.17, 15) is 13.5 Å². The van der Waals surface area contributed by atoms with Crippen LogP contribution in [0, 0.1) is 0 Å². The van der Waals surface area contributed by atoms with Crippen molar-refractivity contribution in [2.24, 2.45) is 0 Å². The molecule has 0 unspecified atom stereocenters. The van der Waals surface area contributed by atoms with E-state index in [1.165, 1.54) is 18.2 Å². The highest BCUT2D eigenvalue weighted by atomic mass is 79.9. The lowest BCUT2D eigenvalue weighted by molar-refractivity contribution is 0.475. The number of hydrogen-bond donors (Lipinski definition) is 2. The van der Waals surface area contributed by atoms with E-state index in [4.69, 9.17) is 5.73 Å². The first-order valence-electron chi connectivity index (χ1n) is 5.44. The van der Waals surface area contributed by atoms with E-state index in [1.54, 1.807) is 24.3 Å². The highest BCUT2D eigenvalue weighted by Gasteiger charge is 2.18. The van der Waals surface area contributed by atoms with Crippen LogP contribution in [0.4, 0.5) is 5.69 Å². The van der Waals surface area contributed by atoms with Gasteiger partial charge >= 0.3 is 0 Å². The zero-order valence-electron chi connectivity index (χ0n) is 9.88. The minimum absolute atomic E-state index is 0.0454. The highest BCUT2D eigenvalue weighted by molar-refractivity contribution is 9.10. The monoisotopic (exact) mass is 341 g/mol. The van der Waals surface area contributed by atoms with Crippen LogP contribution in [-0.4, -0.2) is 13.5 Å². The van der Waals surface area contributed by atoms with Crippen molar-refractivity contribution in [3.05, 3.63) is 52.5 Å². The van der Waals surface area contributed by atoms with Crippen molar-refractivity contribution in [1.82, 2.24) is 0 Å². The molecule has 0 saturated heterocycles. The van der Waals surface area contributed by atoms with Crippen LogP contribution in [0.2, 0.25) is 0 Å². The van der Waals surface area contributed by atoms with Crippen molar-refractivity contribution < 1.29 is 13.5 Å². The number of phenolic OH excluding ortho intramolecular Hbond substituents is 1. The zero-order chi connectivity index (χ0) is 14.0. The summed E-state index contributed by atoms with van der Waals surface area (Å²) in [6.45, 7) is 0. The molecule has 0 spiro atoms. The van der Waals surface area contributed by atoms with E-state index >= 15 is 0 Å². The van der Waals surface area contributed by atoms with Crippen molar-refractivity contribution in [2.45, 2.75) is 10.6 Å². The summed E-state index contributed by atoms with van der Waals surface area (Å²) in [6.07, 6.45) is 0. The fraction of sp³-hybridized carbons (Fsp3) is 0.0769. The number of benzene rings is 2. The predicted octanol–water partition coefficient (Wildman–Crippen LogP) is 2.71. The average molecular weight is 342 g/mol. The van der Waals surface area contributed by atoms with Crippen LogP contribution in [0.25, 0.3) is 0 Å². The molecule has 0 heterocycles. The quantitative estimate of drug-likeness (QED) is 0.841. The second-order valence-electron chi connectivity index (χ2n) is 4.12. The van der Waals surface area contributed by atoms with E-state index in [-0.39, 0.29) is 16.4 Å². The van der Waals surface area contributed by atoms with Crippen LogP contribution < -0.4 is 5.73 Å². The molecule has 100 valence electrons. The number of phenols is 1.